The molecule has 0 aliphatic rings. The van der Waals surface area contributed by atoms with Gasteiger partial charge in [0.1, 0.15) is 11.9 Å². The maximum atomic E-state index is 13.0. The molecule has 0 saturated carbocycles. The summed E-state index contributed by atoms with van der Waals surface area (Å²) in [5.41, 5.74) is -0.143. The molecule has 106 valence electrons. The van der Waals surface area contributed by atoms with E-state index in [-0.39, 0.29) is 5.82 Å². The standard InChI is InChI=1S/C16H20FNOSi/c1-16(13-18,19-20(2,3)4)11-6-5-8-14-9-7-10-15(17)12-14/h5-12H,1-4H3/b8-5+,11-6+/t16-/m0/s1. The second-order valence-electron chi connectivity index (χ2n) is 5.71. The summed E-state index contributed by atoms with van der Waals surface area (Å²) in [4.78, 5) is 0. The van der Waals surface area contributed by atoms with Crippen LogP contribution in [0.25, 0.3) is 6.08 Å². The lowest BCUT2D eigenvalue weighted by atomic mass is 10.1. The smallest absolute Gasteiger partial charge is 0.186 e. The number of rotatable bonds is 5. The average Bonchev–Trinajstić information content (AvgIpc) is 2.33. The molecular formula is C16H20FNOSi. The quantitative estimate of drug-likeness (QED) is 0.589. The summed E-state index contributed by atoms with van der Waals surface area (Å²) in [6.07, 6.45) is 7.04. The van der Waals surface area contributed by atoms with Crippen LogP contribution in [0.1, 0.15) is 12.5 Å². The van der Waals surface area contributed by atoms with E-state index in [1.807, 2.05) is 25.7 Å². The molecule has 1 aromatic carbocycles. The molecule has 0 aliphatic heterocycles. The van der Waals surface area contributed by atoms with Crippen molar-refractivity contribution in [2.45, 2.75) is 32.2 Å². The van der Waals surface area contributed by atoms with Gasteiger partial charge >= 0.3 is 0 Å². The highest BCUT2D eigenvalue weighted by atomic mass is 28.4. The third-order valence-corrected chi connectivity index (χ3v) is 3.44. The molecule has 0 fully saturated rings. The van der Waals surface area contributed by atoms with Crippen molar-refractivity contribution in [1.29, 1.82) is 5.26 Å². The van der Waals surface area contributed by atoms with Gasteiger partial charge in [0.05, 0.1) is 0 Å². The van der Waals surface area contributed by atoms with Gasteiger partial charge in [-0.25, -0.2) is 4.39 Å². The van der Waals surface area contributed by atoms with Crippen LogP contribution >= 0.6 is 0 Å². The van der Waals surface area contributed by atoms with Gasteiger partial charge < -0.3 is 4.43 Å². The normalized spacial score (nSPS) is 15.4. The van der Waals surface area contributed by atoms with E-state index in [9.17, 15) is 9.65 Å². The molecule has 4 heteroatoms. The lowest BCUT2D eigenvalue weighted by Crippen LogP contribution is -2.38. The van der Waals surface area contributed by atoms with Crippen LogP contribution < -0.4 is 0 Å². The SMILES string of the molecule is C[C@@](C#N)(/C=C/C=C/c1cccc(F)c1)O[Si](C)(C)C. The Kier molecular flexibility index (Phi) is 5.43. The minimum Gasteiger partial charge on any atom is -0.397 e. The van der Waals surface area contributed by atoms with Crippen molar-refractivity contribution in [3.63, 3.8) is 0 Å². The van der Waals surface area contributed by atoms with Crippen LogP contribution in [0.5, 0.6) is 0 Å². The fourth-order valence-electron chi connectivity index (χ4n) is 1.75. The summed E-state index contributed by atoms with van der Waals surface area (Å²) in [6, 6.07) is 8.50. The summed E-state index contributed by atoms with van der Waals surface area (Å²) < 4.78 is 18.8. The first-order valence-electron chi connectivity index (χ1n) is 6.47. The summed E-state index contributed by atoms with van der Waals surface area (Å²) >= 11 is 0. The minimum atomic E-state index is -1.79. The molecule has 1 aromatic rings. The molecule has 2 nitrogen and oxygen atoms in total. The zero-order chi connectivity index (χ0) is 15.2. The maximum absolute atomic E-state index is 13.0. The average molecular weight is 289 g/mol. The molecule has 0 aromatic heterocycles. The van der Waals surface area contributed by atoms with Crippen LogP contribution in [0.2, 0.25) is 19.6 Å². The number of nitriles is 1. The predicted molar refractivity (Wildman–Crippen MR) is 83.0 cm³/mol. The van der Waals surface area contributed by atoms with Gasteiger partial charge in [-0.3, -0.25) is 0 Å². The van der Waals surface area contributed by atoms with Crippen LogP contribution in [0.4, 0.5) is 4.39 Å². The topological polar surface area (TPSA) is 33.0 Å². The molecular weight excluding hydrogens is 269 g/mol. The summed E-state index contributed by atoms with van der Waals surface area (Å²) in [5, 5.41) is 9.22. The second-order valence-corrected chi connectivity index (χ2v) is 10.1. The maximum Gasteiger partial charge on any atom is 0.186 e. The number of allylic oxidation sites excluding steroid dienone is 2. The number of benzene rings is 1. The van der Waals surface area contributed by atoms with E-state index in [1.54, 1.807) is 37.3 Å². The zero-order valence-electron chi connectivity index (χ0n) is 12.4. The van der Waals surface area contributed by atoms with Crippen molar-refractivity contribution >= 4 is 14.4 Å². The Morgan fingerprint density at radius 2 is 2.00 bits per heavy atom. The third-order valence-electron chi connectivity index (χ3n) is 2.40. The predicted octanol–water partition coefficient (Wildman–Crippen LogP) is 4.53. The molecule has 0 saturated heterocycles. The van der Waals surface area contributed by atoms with E-state index in [4.69, 9.17) is 4.43 Å². The Labute approximate surface area is 121 Å². The molecule has 20 heavy (non-hydrogen) atoms. The molecule has 0 aliphatic carbocycles. The van der Waals surface area contributed by atoms with Gasteiger partial charge in [0.15, 0.2) is 13.9 Å². The lowest BCUT2D eigenvalue weighted by Gasteiger charge is -2.27. The molecule has 1 rings (SSSR count). The Balaban J connectivity index is 2.74. The molecule has 0 radical (unpaired) electrons. The Hall–Kier alpha value is -1.70. The summed E-state index contributed by atoms with van der Waals surface area (Å²) in [6.45, 7) is 7.87. The van der Waals surface area contributed by atoms with Crippen LogP contribution in [0.3, 0.4) is 0 Å². The van der Waals surface area contributed by atoms with Crippen molar-refractivity contribution in [1.82, 2.24) is 0 Å². The van der Waals surface area contributed by atoms with Gasteiger partial charge in [-0.1, -0.05) is 30.4 Å². The summed E-state index contributed by atoms with van der Waals surface area (Å²) in [7, 11) is -1.79. The fraction of sp³-hybridized carbons (Fsp3) is 0.312. The van der Waals surface area contributed by atoms with Crippen LogP contribution in [0.15, 0.2) is 42.5 Å². The molecule has 0 N–H and O–H groups in total. The summed E-state index contributed by atoms with van der Waals surface area (Å²) in [5.74, 6) is -0.264. The van der Waals surface area contributed by atoms with Crippen LogP contribution in [-0.4, -0.2) is 13.9 Å². The monoisotopic (exact) mass is 289 g/mol. The van der Waals surface area contributed by atoms with Crippen LogP contribution in [0, 0.1) is 17.1 Å². The molecule has 0 amide bonds. The highest BCUT2D eigenvalue weighted by Gasteiger charge is 2.28. The number of hydrogen-bond acceptors (Lipinski definition) is 2. The van der Waals surface area contributed by atoms with Crippen molar-refractivity contribution in [3.8, 4) is 6.07 Å². The van der Waals surface area contributed by atoms with E-state index in [2.05, 4.69) is 6.07 Å². The van der Waals surface area contributed by atoms with Gasteiger partial charge in [-0.2, -0.15) is 5.26 Å². The first-order valence-corrected chi connectivity index (χ1v) is 9.88. The minimum absolute atomic E-state index is 0.264. The molecule has 1 atom stereocenters. The van der Waals surface area contributed by atoms with E-state index in [0.29, 0.717) is 0 Å². The van der Waals surface area contributed by atoms with E-state index >= 15 is 0 Å². The largest absolute Gasteiger partial charge is 0.397 e. The zero-order valence-corrected chi connectivity index (χ0v) is 13.4. The number of hydrogen-bond donors (Lipinski definition) is 0. The van der Waals surface area contributed by atoms with Crippen molar-refractivity contribution in [2.24, 2.45) is 0 Å². The highest BCUT2D eigenvalue weighted by Crippen LogP contribution is 2.18. The van der Waals surface area contributed by atoms with Gasteiger partial charge in [0, 0.05) is 0 Å². The highest BCUT2D eigenvalue weighted by molar-refractivity contribution is 6.69. The second kappa shape index (κ2) is 6.64. The number of halogens is 1. The lowest BCUT2D eigenvalue weighted by molar-refractivity contribution is 0.192. The van der Waals surface area contributed by atoms with Crippen LogP contribution in [-0.2, 0) is 4.43 Å². The third kappa shape index (κ3) is 5.96. The first kappa shape index (κ1) is 16.4. The van der Waals surface area contributed by atoms with Crippen molar-refractivity contribution < 1.29 is 8.82 Å². The molecule has 0 spiro atoms. The van der Waals surface area contributed by atoms with E-state index in [0.717, 1.165) is 5.56 Å². The Morgan fingerprint density at radius 1 is 1.30 bits per heavy atom. The van der Waals surface area contributed by atoms with Crippen molar-refractivity contribution in [2.75, 3.05) is 0 Å². The molecule has 0 unspecified atom stereocenters. The fourth-order valence-corrected chi connectivity index (χ4v) is 3.13. The van der Waals surface area contributed by atoms with Crippen molar-refractivity contribution in [3.05, 3.63) is 53.9 Å². The van der Waals surface area contributed by atoms with Gasteiger partial charge in [-0.05, 0) is 50.3 Å². The van der Waals surface area contributed by atoms with Gasteiger partial charge in [0.2, 0.25) is 0 Å². The Bertz CT molecular complexity index is 554. The molecule has 0 heterocycles. The Morgan fingerprint density at radius 3 is 2.55 bits per heavy atom. The first-order chi connectivity index (χ1) is 9.24. The van der Waals surface area contributed by atoms with E-state index < -0.39 is 13.9 Å². The molecule has 0 bridgehead atoms. The number of nitrogens with zero attached hydrogens (tertiary/aromatic N) is 1. The van der Waals surface area contributed by atoms with E-state index in [1.165, 1.54) is 12.1 Å². The van der Waals surface area contributed by atoms with Gasteiger partial charge in [0.25, 0.3) is 0 Å². The van der Waals surface area contributed by atoms with Gasteiger partial charge in [-0.15, -0.1) is 0 Å².